The molecule has 1 fully saturated rings. The first-order chi connectivity index (χ1) is 6.77. The van der Waals surface area contributed by atoms with Gasteiger partial charge in [0.25, 0.3) is 0 Å². The van der Waals surface area contributed by atoms with Crippen LogP contribution in [-0.2, 0) is 0 Å². The van der Waals surface area contributed by atoms with E-state index in [9.17, 15) is 0 Å². The van der Waals surface area contributed by atoms with Crippen molar-refractivity contribution in [2.24, 2.45) is 5.73 Å². The molecule has 0 aromatic carbocycles. The van der Waals surface area contributed by atoms with Crippen LogP contribution in [-0.4, -0.2) is 17.1 Å². The van der Waals surface area contributed by atoms with E-state index in [4.69, 9.17) is 17.3 Å². The molecule has 1 aromatic rings. The predicted octanol–water partition coefficient (Wildman–Crippen LogP) is 2.03. The predicted molar refractivity (Wildman–Crippen MR) is 58.5 cm³/mol. The lowest BCUT2D eigenvalue weighted by atomic mass is 10.2. The number of nitrogens with one attached hydrogen (secondary N) is 1. The Kier molecular flexibility index (Phi) is 2.89. The molecule has 1 aliphatic rings. The quantitative estimate of drug-likeness (QED) is 0.787. The second-order valence-electron chi connectivity index (χ2n) is 3.70. The van der Waals surface area contributed by atoms with Gasteiger partial charge in [-0.3, -0.25) is 4.98 Å². The van der Waals surface area contributed by atoms with Gasteiger partial charge in [-0.1, -0.05) is 11.6 Å². The highest BCUT2D eigenvalue weighted by atomic mass is 35.5. The molecule has 1 saturated carbocycles. The number of rotatable bonds is 2. The fraction of sp³-hybridized carbons (Fsp3) is 0.500. The summed E-state index contributed by atoms with van der Waals surface area (Å²) in [6, 6.07) is 2.49. The molecule has 0 amide bonds. The number of nitrogens with two attached hydrogens (primary N) is 1. The Labute approximate surface area is 88.7 Å². The molecule has 0 saturated heterocycles. The molecular formula is C10H14ClN3. The van der Waals surface area contributed by atoms with Crippen molar-refractivity contribution in [3.63, 3.8) is 0 Å². The van der Waals surface area contributed by atoms with Crippen LogP contribution in [0.25, 0.3) is 0 Å². The highest BCUT2D eigenvalue weighted by Gasteiger charge is 2.23. The van der Waals surface area contributed by atoms with Crippen LogP contribution in [0, 0.1) is 0 Å². The van der Waals surface area contributed by atoms with Crippen LogP contribution in [0.3, 0.4) is 0 Å². The third-order valence-electron chi connectivity index (χ3n) is 2.68. The summed E-state index contributed by atoms with van der Waals surface area (Å²) in [5.74, 6) is 0. The lowest BCUT2D eigenvalue weighted by Gasteiger charge is -2.19. The Hall–Kier alpha value is -0.800. The third-order valence-corrected chi connectivity index (χ3v) is 2.98. The molecule has 1 heterocycles. The standard InChI is InChI=1S/C10H14ClN3/c11-7-6-13-5-4-9(7)14-10-3-1-2-8(10)12/h4-6,8,10H,1-3,12H2,(H,13,14). The van der Waals surface area contributed by atoms with Crippen LogP contribution in [0.4, 0.5) is 5.69 Å². The van der Waals surface area contributed by atoms with Crippen molar-refractivity contribution in [1.82, 2.24) is 4.98 Å². The van der Waals surface area contributed by atoms with Crippen molar-refractivity contribution < 1.29 is 0 Å². The molecule has 0 bridgehead atoms. The van der Waals surface area contributed by atoms with E-state index in [0.717, 1.165) is 18.5 Å². The van der Waals surface area contributed by atoms with Gasteiger partial charge in [0.05, 0.1) is 10.7 Å². The van der Waals surface area contributed by atoms with Crippen LogP contribution in [0.5, 0.6) is 0 Å². The number of nitrogens with zero attached hydrogens (tertiary/aromatic N) is 1. The van der Waals surface area contributed by atoms with Gasteiger partial charge in [0, 0.05) is 24.5 Å². The summed E-state index contributed by atoms with van der Waals surface area (Å²) in [5, 5.41) is 4.02. The first-order valence-electron chi connectivity index (χ1n) is 4.89. The average molecular weight is 212 g/mol. The van der Waals surface area contributed by atoms with E-state index >= 15 is 0 Å². The first-order valence-corrected chi connectivity index (χ1v) is 5.27. The second-order valence-corrected chi connectivity index (χ2v) is 4.11. The van der Waals surface area contributed by atoms with E-state index in [-0.39, 0.29) is 6.04 Å². The highest BCUT2D eigenvalue weighted by Crippen LogP contribution is 2.25. The summed E-state index contributed by atoms with van der Waals surface area (Å²) < 4.78 is 0. The van der Waals surface area contributed by atoms with Crippen molar-refractivity contribution in [2.75, 3.05) is 5.32 Å². The Morgan fingerprint density at radius 3 is 3.00 bits per heavy atom. The maximum absolute atomic E-state index is 5.98. The van der Waals surface area contributed by atoms with Gasteiger partial charge in [-0.05, 0) is 25.3 Å². The van der Waals surface area contributed by atoms with Crippen LogP contribution in [0.1, 0.15) is 19.3 Å². The monoisotopic (exact) mass is 211 g/mol. The lowest BCUT2D eigenvalue weighted by Crippen LogP contribution is -2.35. The molecule has 14 heavy (non-hydrogen) atoms. The molecule has 2 atom stereocenters. The molecule has 2 rings (SSSR count). The topological polar surface area (TPSA) is 50.9 Å². The van der Waals surface area contributed by atoms with Crippen molar-refractivity contribution in [2.45, 2.75) is 31.3 Å². The molecule has 0 aliphatic heterocycles. The zero-order valence-corrected chi connectivity index (χ0v) is 8.67. The first kappa shape index (κ1) is 9.74. The van der Waals surface area contributed by atoms with E-state index in [1.54, 1.807) is 12.4 Å². The zero-order valence-electron chi connectivity index (χ0n) is 7.91. The van der Waals surface area contributed by atoms with E-state index < -0.39 is 0 Å². The van der Waals surface area contributed by atoms with Crippen molar-refractivity contribution in [3.05, 3.63) is 23.5 Å². The Bertz CT molecular complexity index is 316. The fourth-order valence-corrected chi connectivity index (χ4v) is 2.03. The summed E-state index contributed by atoms with van der Waals surface area (Å²) >= 11 is 5.98. The Morgan fingerprint density at radius 1 is 1.50 bits per heavy atom. The number of pyridine rings is 1. The molecule has 2 unspecified atom stereocenters. The van der Waals surface area contributed by atoms with Gasteiger partial charge in [0.2, 0.25) is 0 Å². The number of anilines is 1. The average Bonchev–Trinajstić information content (AvgIpc) is 2.56. The molecular weight excluding hydrogens is 198 g/mol. The minimum absolute atomic E-state index is 0.249. The van der Waals surface area contributed by atoms with Crippen molar-refractivity contribution in [3.8, 4) is 0 Å². The second kappa shape index (κ2) is 4.15. The number of halogens is 1. The van der Waals surface area contributed by atoms with Crippen LogP contribution >= 0.6 is 11.6 Å². The van der Waals surface area contributed by atoms with Crippen molar-refractivity contribution in [1.29, 1.82) is 0 Å². The smallest absolute Gasteiger partial charge is 0.0820 e. The summed E-state index contributed by atoms with van der Waals surface area (Å²) in [4.78, 5) is 3.94. The van der Waals surface area contributed by atoms with Gasteiger partial charge in [0.15, 0.2) is 0 Å². The minimum Gasteiger partial charge on any atom is -0.379 e. The lowest BCUT2D eigenvalue weighted by molar-refractivity contribution is 0.638. The highest BCUT2D eigenvalue weighted by molar-refractivity contribution is 6.33. The van der Waals surface area contributed by atoms with E-state index in [1.165, 1.54) is 6.42 Å². The fourth-order valence-electron chi connectivity index (χ4n) is 1.86. The van der Waals surface area contributed by atoms with E-state index in [1.807, 2.05) is 6.07 Å². The van der Waals surface area contributed by atoms with Gasteiger partial charge in [-0.2, -0.15) is 0 Å². The summed E-state index contributed by atoms with van der Waals surface area (Å²) in [5.41, 5.74) is 6.89. The van der Waals surface area contributed by atoms with Crippen molar-refractivity contribution >= 4 is 17.3 Å². The molecule has 4 heteroatoms. The summed E-state index contributed by atoms with van der Waals surface area (Å²) in [6.07, 6.45) is 6.79. The largest absolute Gasteiger partial charge is 0.379 e. The molecule has 3 N–H and O–H groups in total. The number of hydrogen-bond donors (Lipinski definition) is 2. The van der Waals surface area contributed by atoms with Crippen LogP contribution in [0.15, 0.2) is 18.5 Å². The molecule has 0 spiro atoms. The zero-order chi connectivity index (χ0) is 9.97. The van der Waals surface area contributed by atoms with Gasteiger partial charge >= 0.3 is 0 Å². The Morgan fingerprint density at radius 2 is 2.36 bits per heavy atom. The molecule has 76 valence electrons. The molecule has 1 aromatic heterocycles. The van der Waals surface area contributed by atoms with E-state index in [0.29, 0.717) is 11.1 Å². The molecule has 1 aliphatic carbocycles. The van der Waals surface area contributed by atoms with Gasteiger partial charge in [-0.25, -0.2) is 0 Å². The van der Waals surface area contributed by atoms with Crippen LogP contribution < -0.4 is 11.1 Å². The maximum Gasteiger partial charge on any atom is 0.0820 e. The summed E-state index contributed by atoms with van der Waals surface area (Å²) in [6.45, 7) is 0. The third kappa shape index (κ3) is 1.99. The normalized spacial score (nSPS) is 26.4. The number of aromatic nitrogens is 1. The van der Waals surface area contributed by atoms with Crippen LogP contribution in [0.2, 0.25) is 5.02 Å². The van der Waals surface area contributed by atoms with Gasteiger partial charge < -0.3 is 11.1 Å². The molecule has 0 radical (unpaired) electrons. The summed E-state index contributed by atoms with van der Waals surface area (Å²) in [7, 11) is 0. The van der Waals surface area contributed by atoms with E-state index in [2.05, 4.69) is 10.3 Å². The van der Waals surface area contributed by atoms with Gasteiger partial charge in [0.1, 0.15) is 0 Å². The minimum atomic E-state index is 0.249. The molecule has 3 nitrogen and oxygen atoms in total. The number of hydrogen-bond acceptors (Lipinski definition) is 3. The van der Waals surface area contributed by atoms with Gasteiger partial charge in [-0.15, -0.1) is 0 Å². The SMILES string of the molecule is NC1CCCC1Nc1ccncc1Cl. The maximum atomic E-state index is 5.98. The Balaban J connectivity index is 2.07.